The van der Waals surface area contributed by atoms with E-state index in [0.717, 1.165) is 19.5 Å². The van der Waals surface area contributed by atoms with Gasteiger partial charge in [0.2, 0.25) is 5.91 Å². The van der Waals surface area contributed by atoms with E-state index in [0.29, 0.717) is 37.8 Å². The van der Waals surface area contributed by atoms with E-state index in [-0.39, 0.29) is 17.1 Å². The summed E-state index contributed by atoms with van der Waals surface area (Å²) in [7, 11) is 2.05. The number of carbonyl (C=O) groups is 5. The van der Waals surface area contributed by atoms with Crippen LogP contribution >= 0.6 is 11.8 Å². The van der Waals surface area contributed by atoms with E-state index in [9.17, 15) is 24.0 Å². The van der Waals surface area contributed by atoms with Crippen molar-refractivity contribution in [2.75, 3.05) is 52.1 Å². The Morgan fingerprint density at radius 1 is 0.923 bits per heavy atom. The number of carbonyl (C=O) groups excluding carboxylic acids is 3. The fourth-order valence-electron chi connectivity index (χ4n) is 4.34. The number of aliphatic hydroxyl groups excluding tert-OH is 2. The van der Waals surface area contributed by atoms with Gasteiger partial charge in [0.25, 0.3) is 0 Å². The standard InChI is InChI=1S/C21H38N4O3S.C4H6O6/c1-17(20(27)24-13-11-23(3)12-14-24)22-21(28)25(15-16-29-18(2)26)10-9-19-7-5-4-6-8-19;5-1(3(7)8)2(6)4(9)10/h17,19H,4-16H2,1-3H3,(H,22,28);1-2,5-6H,(H,7,8)(H,9,10)/t17-;1-,2-/m01/s1. The summed E-state index contributed by atoms with van der Waals surface area (Å²) in [6.45, 7) is 7.66. The zero-order valence-electron chi connectivity index (χ0n) is 23.1. The second-order valence-corrected chi connectivity index (χ2v) is 11.3. The molecule has 0 spiro atoms. The van der Waals surface area contributed by atoms with Crippen molar-refractivity contribution < 1.29 is 44.4 Å². The van der Waals surface area contributed by atoms with Gasteiger partial charge < -0.3 is 40.4 Å². The van der Waals surface area contributed by atoms with Crippen molar-refractivity contribution in [1.29, 1.82) is 0 Å². The topological polar surface area (TPSA) is 188 Å². The first-order valence-electron chi connectivity index (χ1n) is 13.3. The van der Waals surface area contributed by atoms with Crippen LogP contribution in [0.5, 0.6) is 0 Å². The number of carboxylic acids is 2. The summed E-state index contributed by atoms with van der Waals surface area (Å²) in [5.74, 6) is -2.28. The Bertz CT molecular complexity index is 799. The Labute approximate surface area is 233 Å². The molecule has 13 nitrogen and oxygen atoms in total. The van der Waals surface area contributed by atoms with Crippen LogP contribution in [0.2, 0.25) is 0 Å². The number of amides is 3. The van der Waals surface area contributed by atoms with Crippen molar-refractivity contribution >= 4 is 40.8 Å². The van der Waals surface area contributed by atoms with Gasteiger partial charge in [0, 0.05) is 51.9 Å². The largest absolute Gasteiger partial charge is 0.479 e. The van der Waals surface area contributed by atoms with Crippen LogP contribution in [0.15, 0.2) is 0 Å². The first kappa shape index (κ1) is 34.6. The summed E-state index contributed by atoms with van der Waals surface area (Å²) >= 11 is 1.25. The lowest BCUT2D eigenvalue weighted by Gasteiger charge is -2.34. The van der Waals surface area contributed by atoms with E-state index in [4.69, 9.17) is 20.4 Å². The Balaban J connectivity index is 0.000000646. The smallest absolute Gasteiger partial charge is 0.335 e. The summed E-state index contributed by atoms with van der Waals surface area (Å²) < 4.78 is 0. The number of aliphatic carboxylic acids is 2. The highest BCUT2D eigenvalue weighted by molar-refractivity contribution is 8.13. The molecule has 224 valence electrons. The van der Waals surface area contributed by atoms with Crippen molar-refractivity contribution in [3.05, 3.63) is 0 Å². The normalized spacial score (nSPS) is 18.6. The second-order valence-electron chi connectivity index (χ2n) is 9.99. The lowest BCUT2D eigenvalue weighted by Crippen LogP contribution is -2.55. The second kappa shape index (κ2) is 18.0. The van der Waals surface area contributed by atoms with Gasteiger partial charge in [0.15, 0.2) is 17.3 Å². The number of rotatable bonds is 11. The maximum absolute atomic E-state index is 12.9. The molecule has 0 aromatic heterocycles. The third-order valence-electron chi connectivity index (χ3n) is 6.82. The third kappa shape index (κ3) is 13.5. The van der Waals surface area contributed by atoms with Crippen LogP contribution in [-0.4, -0.2) is 134 Å². The molecular weight excluding hydrogens is 532 g/mol. The number of urea groups is 1. The maximum Gasteiger partial charge on any atom is 0.335 e. The van der Waals surface area contributed by atoms with Crippen LogP contribution in [0.4, 0.5) is 4.79 Å². The molecule has 0 unspecified atom stereocenters. The Hall–Kier alpha value is -2.42. The van der Waals surface area contributed by atoms with Gasteiger partial charge in [-0.3, -0.25) is 9.59 Å². The van der Waals surface area contributed by atoms with Crippen LogP contribution in [-0.2, 0) is 19.2 Å². The molecule has 0 radical (unpaired) electrons. The fraction of sp³-hybridized carbons (Fsp3) is 0.800. The number of hydrogen-bond acceptors (Lipinski definition) is 9. The summed E-state index contributed by atoms with van der Waals surface area (Å²) in [5.41, 5.74) is 0. The molecule has 39 heavy (non-hydrogen) atoms. The monoisotopic (exact) mass is 576 g/mol. The van der Waals surface area contributed by atoms with E-state index < -0.39 is 30.2 Å². The molecule has 0 aromatic carbocycles. The zero-order chi connectivity index (χ0) is 29.5. The molecule has 1 aliphatic heterocycles. The van der Waals surface area contributed by atoms with Gasteiger partial charge in [-0.05, 0) is 26.3 Å². The van der Waals surface area contributed by atoms with Crippen molar-refractivity contribution in [3.63, 3.8) is 0 Å². The van der Waals surface area contributed by atoms with E-state index in [2.05, 4.69) is 17.3 Å². The first-order chi connectivity index (χ1) is 18.3. The SMILES string of the molecule is CC(=O)SCCN(CCC1CCCCC1)C(=O)N[C@@H](C)C(=O)N1CCN(C)CC1.O=C(O)[C@H](O)[C@@H](O)C(=O)O. The Morgan fingerprint density at radius 3 is 1.95 bits per heavy atom. The lowest BCUT2D eigenvalue weighted by molar-refractivity contribution is -0.165. The van der Waals surface area contributed by atoms with Gasteiger partial charge in [-0.15, -0.1) is 0 Å². The number of likely N-dealkylation sites (N-methyl/N-ethyl adjacent to an activating group) is 1. The van der Waals surface area contributed by atoms with Crippen LogP contribution < -0.4 is 5.32 Å². The van der Waals surface area contributed by atoms with Crippen LogP contribution in [0.1, 0.15) is 52.4 Å². The minimum absolute atomic E-state index is 0.0169. The summed E-state index contributed by atoms with van der Waals surface area (Å²) in [5, 5.41) is 35.5. The molecule has 0 aromatic rings. The molecule has 1 saturated carbocycles. The van der Waals surface area contributed by atoms with E-state index in [1.165, 1.54) is 43.9 Å². The molecule has 1 saturated heterocycles. The highest BCUT2D eigenvalue weighted by Gasteiger charge is 2.29. The summed E-state index contributed by atoms with van der Waals surface area (Å²) in [4.78, 5) is 62.2. The quantitative estimate of drug-likeness (QED) is 0.227. The molecule has 3 atom stereocenters. The van der Waals surface area contributed by atoms with Gasteiger partial charge in [-0.2, -0.15) is 0 Å². The minimum Gasteiger partial charge on any atom is -0.479 e. The Kier molecular flexibility index (Phi) is 16.0. The van der Waals surface area contributed by atoms with E-state index >= 15 is 0 Å². The molecule has 5 N–H and O–H groups in total. The minimum atomic E-state index is -2.27. The average Bonchev–Trinajstić information content (AvgIpc) is 2.90. The number of aliphatic hydroxyl groups is 2. The van der Waals surface area contributed by atoms with E-state index in [1.807, 2.05) is 4.90 Å². The van der Waals surface area contributed by atoms with Gasteiger partial charge >= 0.3 is 18.0 Å². The van der Waals surface area contributed by atoms with Crippen LogP contribution in [0.25, 0.3) is 0 Å². The Morgan fingerprint density at radius 2 is 1.46 bits per heavy atom. The fourth-order valence-corrected chi connectivity index (χ4v) is 4.94. The highest BCUT2D eigenvalue weighted by Crippen LogP contribution is 2.26. The van der Waals surface area contributed by atoms with Gasteiger partial charge in [-0.25, -0.2) is 14.4 Å². The highest BCUT2D eigenvalue weighted by atomic mass is 32.2. The van der Waals surface area contributed by atoms with Crippen molar-refractivity contribution in [2.45, 2.75) is 70.6 Å². The number of hydrogen-bond donors (Lipinski definition) is 5. The molecule has 2 fully saturated rings. The molecule has 0 bridgehead atoms. The van der Waals surface area contributed by atoms with Crippen molar-refractivity contribution in [1.82, 2.24) is 20.0 Å². The number of piperazine rings is 1. The third-order valence-corrected chi connectivity index (χ3v) is 7.61. The number of nitrogens with zero attached hydrogens (tertiary/aromatic N) is 3. The van der Waals surface area contributed by atoms with Crippen LogP contribution in [0, 0.1) is 5.92 Å². The lowest BCUT2D eigenvalue weighted by atomic mass is 9.87. The van der Waals surface area contributed by atoms with Gasteiger partial charge in [0.1, 0.15) is 6.04 Å². The first-order valence-corrected chi connectivity index (χ1v) is 14.3. The average molecular weight is 577 g/mol. The van der Waals surface area contributed by atoms with Gasteiger partial charge in [-0.1, -0.05) is 43.9 Å². The number of nitrogens with one attached hydrogen (secondary N) is 1. The number of carboxylic acid groups (broad SMARTS) is 2. The molecule has 2 rings (SSSR count). The molecule has 14 heteroatoms. The summed E-state index contributed by atoms with van der Waals surface area (Å²) in [6, 6.07) is -0.733. The van der Waals surface area contributed by atoms with Crippen molar-refractivity contribution in [2.24, 2.45) is 5.92 Å². The predicted octanol–water partition coefficient (Wildman–Crippen LogP) is 0.288. The molecular formula is C25H44N4O9S. The van der Waals surface area contributed by atoms with Gasteiger partial charge in [0.05, 0.1) is 0 Å². The number of thioether (sulfide) groups is 1. The molecule has 1 heterocycles. The molecule has 3 amide bonds. The zero-order valence-corrected chi connectivity index (χ0v) is 23.9. The van der Waals surface area contributed by atoms with Crippen molar-refractivity contribution in [3.8, 4) is 0 Å². The molecule has 2 aliphatic rings. The maximum atomic E-state index is 12.9. The summed E-state index contributed by atoms with van der Waals surface area (Å²) in [6.07, 6.45) is 2.85. The van der Waals surface area contributed by atoms with Crippen LogP contribution in [0.3, 0.4) is 0 Å². The van der Waals surface area contributed by atoms with E-state index in [1.54, 1.807) is 18.7 Å². The predicted molar refractivity (Wildman–Crippen MR) is 145 cm³/mol. The molecule has 1 aliphatic carbocycles.